The molecule has 0 radical (unpaired) electrons. The third-order valence-corrected chi connectivity index (χ3v) is 3.94. The van der Waals surface area contributed by atoms with Crippen LogP contribution in [0, 0.1) is 5.92 Å². The van der Waals surface area contributed by atoms with Crippen molar-refractivity contribution < 1.29 is 14.3 Å². The van der Waals surface area contributed by atoms with E-state index in [0.29, 0.717) is 26.1 Å². The smallest absolute Gasteiger partial charge is 0.315 e. The fourth-order valence-electron chi connectivity index (χ4n) is 2.37. The summed E-state index contributed by atoms with van der Waals surface area (Å²) in [5.41, 5.74) is 1.70. The molecule has 25 heavy (non-hydrogen) atoms. The Morgan fingerprint density at radius 1 is 1.24 bits per heavy atom. The van der Waals surface area contributed by atoms with Crippen LogP contribution in [-0.4, -0.2) is 31.7 Å². The zero-order chi connectivity index (χ0) is 17.9. The Kier molecular flexibility index (Phi) is 8.25. The minimum atomic E-state index is -0.192. The molecule has 0 spiro atoms. The predicted molar refractivity (Wildman–Crippen MR) is 98.4 cm³/mol. The van der Waals surface area contributed by atoms with Gasteiger partial charge in [0, 0.05) is 38.4 Å². The zero-order valence-electron chi connectivity index (χ0n) is 15.0. The Hall–Kier alpha value is -2.08. The highest BCUT2D eigenvalue weighted by Crippen LogP contribution is 2.28. The molecule has 0 unspecified atom stereocenters. The molecular weight excluding hydrogens is 318 g/mol. The van der Waals surface area contributed by atoms with Crippen LogP contribution < -0.4 is 16.0 Å². The Balaban J connectivity index is 1.59. The normalized spacial score (nSPS) is 13.3. The number of nitrogens with one attached hydrogen (secondary N) is 3. The summed E-state index contributed by atoms with van der Waals surface area (Å²) in [5, 5.41) is 8.50. The lowest BCUT2D eigenvalue weighted by Crippen LogP contribution is -2.35. The van der Waals surface area contributed by atoms with E-state index >= 15 is 0 Å². The molecule has 0 aromatic heterocycles. The van der Waals surface area contributed by atoms with Gasteiger partial charge in [-0.25, -0.2) is 4.79 Å². The van der Waals surface area contributed by atoms with Gasteiger partial charge in [-0.2, -0.15) is 0 Å². The molecule has 1 aliphatic carbocycles. The van der Waals surface area contributed by atoms with Crippen molar-refractivity contribution in [1.82, 2.24) is 10.6 Å². The molecule has 1 aromatic rings. The number of ether oxygens (including phenoxy) is 1. The van der Waals surface area contributed by atoms with Gasteiger partial charge in [0.05, 0.1) is 0 Å². The molecule has 3 N–H and O–H groups in total. The number of urea groups is 1. The van der Waals surface area contributed by atoms with E-state index in [1.54, 1.807) is 0 Å². The average molecular weight is 347 g/mol. The Labute approximate surface area is 149 Å². The highest BCUT2D eigenvalue weighted by molar-refractivity contribution is 5.90. The Bertz CT molecular complexity index is 559. The fourth-order valence-corrected chi connectivity index (χ4v) is 2.37. The summed E-state index contributed by atoms with van der Waals surface area (Å²) in [4.78, 5) is 23.4. The summed E-state index contributed by atoms with van der Waals surface area (Å²) in [6.07, 6.45) is 4.74. The standard InChI is InChI=1S/C19H29N3O3/c1-2-5-18(23)22-17-7-3-6-16(12-17)13-21-19(24)20-10-4-11-25-14-15-8-9-15/h3,6-7,12,15H,2,4-5,8-11,13-14H2,1H3,(H,22,23)(H2,20,21,24). The second kappa shape index (κ2) is 10.7. The van der Waals surface area contributed by atoms with Crippen molar-refractivity contribution in [2.45, 2.75) is 45.6 Å². The minimum Gasteiger partial charge on any atom is -0.381 e. The lowest BCUT2D eigenvalue weighted by Gasteiger charge is -2.10. The van der Waals surface area contributed by atoms with Crippen molar-refractivity contribution in [2.24, 2.45) is 5.92 Å². The van der Waals surface area contributed by atoms with Crippen molar-refractivity contribution in [3.8, 4) is 0 Å². The Morgan fingerprint density at radius 2 is 2.08 bits per heavy atom. The highest BCUT2D eigenvalue weighted by Gasteiger charge is 2.20. The van der Waals surface area contributed by atoms with Gasteiger partial charge in [0.1, 0.15) is 0 Å². The van der Waals surface area contributed by atoms with E-state index in [1.165, 1.54) is 12.8 Å². The van der Waals surface area contributed by atoms with E-state index in [1.807, 2.05) is 31.2 Å². The van der Waals surface area contributed by atoms with E-state index in [2.05, 4.69) is 16.0 Å². The van der Waals surface area contributed by atoms with E-state index < -0.39 is 0 Å². The van der Waals surface area contributed by atoms with Crippen molar-refractivity contribution in [2.75, 3.05) is 25.1 Å². The molecule has 0 atom stereocenters. The van der Waals surface area contributed by atoms with Crippen LogP contribution in [0.15, 0.2) is 24.3 Å². The summed E-state index contributed by atoms with van der Waals surface area (Å²) >= 11 is 0. The van der Waals surface area contributed by atoms with Gasteiger partial charge in [0.15, 0.2) is 0 Å². The third-order valence-electron chi connectivity index (χ3n) is 3.94. The van der Waals surface area contributed by atoms with Gasteiger partial charge in [-0.15, -0.1) is 0 Å². The summed E-state index contributed by atoms with van der Waals surface area (Å²) < 4.78 is 5.52. The average Bonchev–Trinajstić information content (AvgIpc) is 3.41. The van der Waals surface area contributed by atoms with Crippen molar-refractivity contribution in [1.29, 1.82) is 0 Å². The van der Waals surface area contributed by atoms with Gasteiger partial charge >= 0.3 is 6.03 Å². The van der Waals surface area contributed by atoms with Gasteiger partial charge < -0.3 is 20.7 Å². The minimum absolute atomic E-state index is 0.00857. The van der Waals surface area contributed by atoms with Crippen LogP contribution in [-0.2, 0) is 16.1 Å². The molecule has 1 aromatic carbocycles. The largest absolute Gasteiger partial charge is 0.381 e. The number of benzene rings is 1. The quantitative estimate of drug-likeness (QED) is 0.538. The lowest BCUT2D eigenvalue weighted by atomic mass is 10.2. The highest BCUT2D eigenvalue weighted by atomic mass is 16.5. The molecule has 1 saturated carbocycles. The second-order valence-corrected chi connectivity index (χ2v) is 6.48. The first-order chi connectivity index (χ1) is 12.2. The molecule has 3 amide bonds. The van der Waals surface area contributed by atoms with Crippen LogP contribution in [0.5, 0.6) is 0 Å². The number of carbonyl (C=O) groups excluding carboxylic acids is 2. The number of hydrogen-bond acceptors (Lipinski definition) is 3. The van der Waals surface area contributed by atoms with Crippen LogP contribution in [0.3, 0.4) is 0 Å². The monoisotopic (exact) mass is 347 g/mol. The fraction of sp³-hybridized carbons (Fsp3) is 0.579. The molecule has 0 heterocycles. The molecule has 0 saturated heterocycles. The van der Waals surface area contributed by atoms with Crippen molar-refractivity contribution >= 4 is 17.6 Å². The number of rotatable bonds is 11. The first-order valence-electron chi connectivity index (χ1n) is 9.15. The first kappa shape index (κ1) is 19.2. The van der Waals surface area contributed by atoms with Crippen LogP contribution in [0.25, 0.3) is 0 Å². The summed E-state index contributed by atoms with van der Waals surface area (Å²) in [5.74, 6) is 0.785. The van der Waals surface area contributed by atoms with Crippen LogP contribution in [0.2, 0.25) is 0 Å². The van der Waals surface area contributed by atoms with Gasteiger partial charge in [-0.1, -0.05) is 19.1 Å². The molecule has 1 aliphatic rings. The summed E-state index contributed by atoms with van der Waals surface area (Å²) in [6, 6.07) is 7.32. The number of carbonyl (C=O) groups is 2. The maximum atomic E-state index is 11.8. The van der Waals surface area contributed by atoms with Crippen LogP contribution in [0.1, 0.15) is 44.6 Å². The van der Waals surface area contributed by atoms with E-state index in [-0.39, 0.29) is 11.9 Å². The number of anilines is 1. The molecule has 0 bridgehead atoms. The van der Waals surface area contributed by atoms with Gasteiger partial charge in [0.2, 0.25) is 5.91 Å². The molecule has 1 fully saturated rings. The molecule has 6 nitrogen and oxygen atoms in total. The number of hydrogen-bond donors (Lipinski definition) is 3. The molecule has 138 valence electrons. The molecule has 0 aliphatic heterocycles. The maximum absolute atomic E-state index is 11.8. The zero-order valence-corrected chi connectivity index (χ0v) is 15.0. The van der Waals surface area contributed by atoms with Gasteiger partial charge in [0.25, 0.3) is 0 Å². The predicted octanol–water partition coefficient (Wildman–Crippen LogP) is 3.04. The van der Waals surface area contributed by atoms with Crippen LogP contribution >= 0.6 is 0 Å². The van der Waals surface area contributed by atoms with E-state index in [9.17, 15) is 9.59 Å². The molecular formula is C19H29N3O3. The maximum Gasteiger partial charge on any atom is 0.315 e. The van der Waals surface area contributed by atoms with E-state index in [4.69, 9.17) is 4.74 Å². The van der Waals surface area contributed by atoms with Gasteiger partial charge in [-0.05, 0) is 49.3 Å². The SMILES string of the molecule is CCCC(=O)Nc1cccc(CNC(=O)NCCCOCC2CC2)c1. The Morgan fingerprint density at radius 3 is 2.84 bits per heavy atom. The van der Waals surface area contributed by atoms with Crippen molar-refractivity contribution in [3.05, 3.63) is 29.8 Å². The first-order valence-corrected chi connectivity index (χ1v) is 9.15. The second-order valence-electron chi connectivity index (χ2n) is 6.48. The molecule has 6 heteroatoms. The summed E-state index contributed by atoms with van der Waals surface area (Å²) in [6.45, 7) is 4.54. The molecule has 2 rings (SSSR count). The van der Waals surface area contributed by atoms with Crippen molar-refractivity contribution in [3.63, 3.8) is 0 Å². The topological polar surface area (TPSA) is 79.5 Å². The third kappa shape index (κ3) is 8.54. The van der Waals surface area contributed by atoms with Crippen LogP contribution in [0.4, 0.5) is 10.5 Å². The lowest BCUT2D eigenvalue weighted by molar-refractivity contribution is -0.116. The summed E-state index contributed by atoms with van der Waals surface area (Å²) in [7, 11) is 0. The van der Waals surface area contributed by atoms with Gasteiger partial charge in [-0.3, -0.25) is 4.79 Å². The van der Waals surface area contributed by atoms with E-state index in [0.717, 1.165) is 36.6 Å². The number of amides is 3.